The zero-order chi connectivity index (χ0) is 18.5. The summed E-state index contributed by atoms with van der Waals surface area (Å²) in [7, 11) is 0. The maximum absolute atomic E-state index is 12.7. The highest BCUT2D eigenvalue weighted by Gasteiger charge is 2.32. The molecule has 0 radical (unpaired) electrons. The first-order valence-corrected chi connectivity index (χ1v) is 9.82. The van der Waals surface area contributed by atoms with Gasteiger partial charge in [0.1, 0.15) is 0 Å². The van der Waals surface area contributed by atoms with Crippen molar-refractivity contribution >= 4 is 11.9 Å². The molecule has 0 aromatic heterocycles. The number of likely N-dealkylation sites (tertiary alicyclic amines) is 1. The molecule has 1 amide bonds. The summed E-state index contributed by atoms with van der Waals surface area (Å²) in [5, 5.41) is 12.6. The molecule has 2 aliphatic rings. The summed E-state index contributed by atoms with van der Waals surface area (Å²) in [5.74, 6) is -0.323. The van der Waals surface area contributed by atoms with Gasteiger partial charge in [0.15, 0.2) is 0 Å². The van der Waals surface area contributed by atoms with Gasteiger partial charge < -0.3 is 10.4 Å². The molecule has 3 atom stereocenters. The number of piperidine rings is 1. The Morgan fingerprint density at radius 1 is 1.19 bits per heavy atom. The highest BCUT2D eigenvalue weighted by molar-refractivity contribution is 5.79. The van der Waals surface area contributed by atoms with Gasteiger partial charge in [-0.25, -0.2) is 0 Å². The second-order valence-corrected chi connectivity index (χ2v) is 8.07. The van der Waals surface area contributed by atoms with Gasteiger partial charge in [-0.1, -0.05) is 50.1 Å². The standard InChI is InChI=1S/C21H30N2O3/c1-15-11-18(21(25)26)13-23(12-15)14-19(24)22-20(17-9-5-6-10-17)16-7-3-2-4-8-16/h2-4,7-8,15,17-18,20H,5-6,9-14H2,1H3,(H,22,24)(H,25,26). The summed E-state index contributed by atoms with van der Waals surface area (Å²) in [6.07, 6.45) is 5.47. The van der Waals surface area contributed by atoms with E-state index in [9.17, 15) is 14.7 Å². The molecule has 1 aliphatic heterocycles. The minimum atomic E-state index is -0.755. The smallest absolute Gasteiger partial charge is 0.307 e. The Labute approximate surface area is 155 Å². The molecule has 1 aliphatic carbocycles. The van der Waals surface area contributed by atoms with E-state index >= 15 is 0 Å². The number of carboxylic acid groups (broad SMARTS) is 1. The van der Waals surface area contributed by atoms with Crippen molar-refractivity contribution in [2.45, 2.75) is 45.1 Å². The summed E-state index contributed by atoms with van der Waals surface area (Å²) >= 11 is 0. The molecule has 2 N–H and O–H groups in total. The first kappa shape index (κ1) is 18.9. The van der Waals surface area contributed by atoms with Crippen LogP contribution < -0.4 is 5.32 Å². The van der Waals surface area contributed by atoms with Gasteiger partial charge in [-0.2, -0.15) is 0 Å². The molecule has 0 bridgehead atoms. The van der Waals surface area contributed by atoms with E-state index in [1.807, 2.05) is 23.1 Å². The SMILES string of the molecule is CC1CC(C(=O)O)CN(CC(=O)NC(c2ccccc2)C2CCCC2)C1. The molecular formula is C21H30N2O3. The van der Waals surface area contributed by atoms with Gasteiger partial charge in [-0.3, -0.25) is 14.5 Å². The van der Waals surface area contributed by atoms with Crippen LogP contribution in [0.3, 0.4) is 0 Å². The minimum Gasteiger partial charge on any atom is -0.481 e. The van der Waals surface area contributed by atoms with Crippen LogP contribution in [0.2, 0.25) is 0 Å². The summed E-state index contributed by atoms with van der Waals surface area (Å²) in [6, 6.07) is 10.3. The lowest BCUT2D eigenvalue weighted by atomic mass is 9.90. The number of carboxylic acids is 1. The summed E-state index contributed by atoms with van der Waals surface area (Å²) in [4.78, 5) is 26.1. The van der Waals surface area contributed by atoms with Crippen molar-refractivity contribution in [2.24, 2.45) is 17.8 Å². The number of nitrogens with zero attached hydrogens (tertiary/aromatic N) is 1. The Bertz CT molecular complexity index is 613. The molecule has 3 rings (SSSR count). The van der Waals surface area contributed by atoms with Gasteiger partial charge in [-0.05, 0) is 36.7 Å². The summed E-state index contributed by atoms with van der Waals surface area (Å²) in [5.41, 5.74) is 1.17. The van der Waals surface area contributed by atoms with E-state index in [1.54, 1.807) is 0 Å². The molecule has 2 fully saturated rings. The lowest BCUT2D eigenvalue weighted by Gasteiger charge is -2.34. The van der Waals surface area contributed by atoms with Crippen LogP contribution in [0.15, 0.2) is 30.3 Å². The van der Waals surface area contributed by atoms with Crippen molar-refractivity contribution < 1.29 is 14.7 Å². The average Bonchev–Trinajstić information content (AvgIpc) is 3.14. The van der Waals surface area contributed by atoms with Crippen LogP contribution >= 0.6 is 0 Å². The van der Waals surface area contributed by atoms with E-state index in [0.717, 1.165) is 19.4 Å². The molecule has 1 aromatic carbocycles. The molecule has 1 saturated carbocycles. The van der Waals surface area contributed by atoms with Crippen molar-refractivity contribution in [3.05, 3.63) is 35.9 Å². The maximum Gasteiger partial charge on any atom is 0.307 e. The van der Waals surface area contributed by atoms with Crippen molar-refractivity contribution in [3.8, 4) is 0 Å². The van der Waals surface area contributed by atoms with Gasteiger partial charge in [0.25, 0.3) is 0 Å². The van der Waals surface area contributed by atoms with Gasteiger partial charge in [0.05, 0.1) is 18.5 Å². The lowest BCUT2D eigenvalue weighted by Crippen LogP contribution is -2.47. The van der Waals surface area contributed by atoms with Gasteiger partial charge in [0, 0.05) is 13.1 Å². The van der Waals surface area contributed by atoms with Crippen LogP contribution in [0.1, 0.15) is 50.6 Å². The predicted octanol–water partition coefficient (Wildman–Crippen LogP) is 3.08. The van der Waals surface area contributed by atoms with E-state index in [0.29, 0.717) is 24.8 Å². The summed E-state index contributed by atoms with van der Waals surface area (Å²) < 4.78 is 0. The number of carbonyl (C=O) groups is 2. The molecule has 5 heteroatoms. The lowest BCUT2D eigenvalue weighted by molar-refractivity contribution is -0.145. The van der Waals surface area contributed by atoms with Crippen molar-refractivity contribution in [1.29, 1.82) is 0 Å². The van der Waals surface area contributed by atoms with Crippen LogP contribution in [0.5, 0.6) is 0 Å². The Morgan fingerprint density at radius 2 is 1.88 bits per heavy atom. The number of aliphatic carboxylic acids is 1. The number of amides is 1. The highest BCUT2D eigenvalue weighted by atomic mass is 16.4. The second kappa shape index (κ2) is 8.67. The van der Waals surface area contributed by atoms with Gasteiger partial charge >= 0.3 is 5.97 Å². The zero-order valence-corrected chi connectivity index (χ0v) is 15.6. The van der Waals surface area contributed by atoms with Crippen LogP contribution in [0.25, 0.3) is 0 Å². The third-order valence-electron chi connectivity index (χ3n) is 5.80. The van der Waals surface area contributed by atoms with E-state index in [4.69, 9.17) is 0 Å². The van der Waals surface area contributed by atoms with Gasteiger partial charge in [0.2, 0.25) is 5.91 Å². The van der Waals surface area contributed by atoms with Crippen LogP contribution in [0, 0.1) is 17.8 Å². The largest absolute Gasteiger partial charge is 0.481 e. The van der Waals surface area contributed by atoms with Crippen molar-refractivity contribution in [1.82, 2.24) is 10.2 Å². The topological polar surface area (TPSA) is 69.6 Å². The monoisotopic (exact) mass is 358 g/mol. The summed E-state index contributed by atoms with van der Waals surface area (Å²) in [6.45, 7) is 3.60. The number of carbonyl (C=O) groups excluding carboxylic acids is 1. The Hall–Kier alpha value is -1.88. The highest BCUT2D eigenvalue weighted by Crippen LogP contribution is 2.35. The van der Waals surface area contributed by atoms with Crippen LogP contribution in [0.4, 0.5) is 0 Å². The van der Waals surface area contributed by atoms with Gasteiger partial charge in [-0.15, -0.1) is 0 Å². The number of nitrogens with one attached hydrogen (secondary N) is 1. The molecule has 1 saturated heterocycles. The van der Waals surface area contributed by atoms with E-state index < -0.39 is 5.97 Å². The maximum atomic E-state index is 12.7. The third kappa shape index (κ3) is 4.85. The molecular weight excluding hydrogens is 328 g/mol. The van der Waals surface area contributed by atoms with Crippen molar-refractivity contribution in [2.75, 3.05) is 19.6 Å². The molecule has 1 heterocycles. The third-order valence-corrected chi connectivity index (χ3v) is 5.80. The van der Waals surface area contributed by atoms with E-state index in [1.165, 1.54) is 18.4 Å². The quantitative estimate of drug-likeness (QED) is 0.820. The minimum absolute atomic E-state index is 0.00370. The number of hydrogen-bond donors (Lipinski definition) is 2. The molecule has 0 spiro atoms. The van der Waals surface area contributed by atoms with Crippen molar-refractivity contribution in [3.63, 3.8) is 0 Å². The first-order chi connectivity index (χ1) is 12.5. The molecule has 5 nitrogen and oxygen atoms in total. The number of hydrogen-bond acceptors (Lipinski definition) is 3. The Kier molecular flexibility index (Phi) is 6.30. The Balaban J connectivity index is 1.63. The normalized spacial score (nSPS) is 25.7. The molecule has 142 valence electrons. The number of benzene rings is 1. The van der Waals surface area contributed by atoms with E-state index in [-0.39, 0.29) is 24.4 Å². The second-order valence-electron chi connectivity index (χ2n) is 8.07. The fraction of sp³-hybridized carbons (Fsp3) is 0.619. The molecule has 1 aromatic rings. The first-order valence-electron chi connectivity index (χ1n) is 9.82. The molecule has 26 heavy (non-hydrogen) atoms. The van der Waals surface area contributed by atoms with Crippen LogP contribution in [-0.4, -0.2) is 41.5 Å². The van der Waals surface area contributed by atoms with Crippen LogP contribution in [-0.2, 0) is 9.59 Å². The fourth-order valence-corrected chi connectivity index (χ4v) is 4.62. The number of rotatable bonds is 6. The molecule has 3 unspecified atom stereocenters. The zero-order valence-electron chi connectivity index (χ0n) is 15.6. The van der Waals surface area contributed by atoms with E-state index in [2.05, 4.69) is 24.4 Å². The average molecular weight is 358 g/mol. The predicted molar refractivity (Wildman–Crippen MR) is 101 cm³/mol. The fourth-order valence-electron chi connectivity index (χ4n) is 4.62. The Morgan fingerprint density at radius 3 is 2.54 bits per heavy atom.